The highest BCUT2D eigenvalue weighted by Crippen LogP contribution is 2.42. The van der Waals surface area contributed by atoms with E-state index in [1.54, 1.807) is 45.2 Å². The zero-order chi connectivity index (χ0) is 19.1. The lowest BCUT2D eigenvalue weighted by Crippen LogP contribution is -2.33. The van der Waals surface area contributed by atoms with Crippen LogP contribution < -0.4 is 4.90 Å². The van der Waals surface area contributed by atoms with E-state index < -0.39 is 28.9 Å². The van der Waals surface area contributed by atoms with Gasteiger partial charge in [0, 0.05) is 17.3 Å². The number of hydrogen-bond acceptors (Lipinski definition) is 4. The van der Waals surface area contributed by atoms with E-state index in [9.17, 15) is 19.1 Å². The maximum atomic E-state index is 13.3. The molecule has 6 heteroatoms. The molecule has 0 spiro atoms. The summed E-state index contributed by atoms with van der Waals surface area (Å²) in [5, 5.41) is 10.5. The van der Waals surface area contributed by atoms with Gasteiger partial charge in [-0.05, 0) is 36.4 Å². The minimum absolute atomic E-state index is 0.00512. The smallest absolute Gasteiger partial charge is 0.294 e. The number of Topliss-reactive ketones (excluding diaryl/α,β-unsaturated/α-hetero) is 1. The molecular formula is C20H19FN2O3. The Balaban J connectivity index is 2.19. The number of hydrogen-bond donors (Lipinski definition) is 1. The van der Waals surface area contributed by atoms with Crippen molar-refractivity contribution in [3.63, 3.8) is 0 Å². The Hall–Kier alpha value is -3.02. The molecule has 1 amide bonds. The average molecular weight is 354 g/mol. The molecule has 1 unspecified atom stereocenters. The van der Waals surface area contributed by atoms with E-state index >= 15 is 0 Å². The number of pyridine rings is 1. The van der Waals surface area contributed by atoms with E-state index in [4.69, 9.17) is 0 Å². The van der Waals surface area contributed by atoms with Crippen molar-refractivity contribution < 1.29 is 19.1 Å². The van der Waals surface area contributed by atoms with E-state index in [0.29, 0.717) is 11.4 Å². The second kappa shape index (κ2) is 6.37. The maximum absolute atomic E-state index is 13.3. The molecule has 0 bridgehead atoms. The van der Waals surface area contributed by atoms with Gasteiger partial charge in [0.1, 0.15) is 11.9 Å². The second-order valence-electron chi connectivity index (χ2n) is 7.15. The molecule has 26 heavy (non-hydrogen) atoms. The second-order valence-corrected chi connectivity index (χ2v) is 7.15. The van der Waals surface area contributed by atoms with E-state index in [2.05, 4.69) is 4.98 Å². The molecule has 2 aromatic rings. The summed E-state index contributed by atoms with van der Waals surface area (Å²) in [4.78, 5) is 31.3. The van der Waals surface area contributed by atoms with Gasteiger partial charge in [-0.3, -0.25) is 19.5 Å². The molecule has 0 saturated carbocycles. The van der Waals surface area contributed by atoms with Crippen molar-refractivity contribution in [1.82, 2.24) is 4.98 Å². The van der Waals surface area contributed by atoms with Crippen LogP contribution in [-0.2, 0) is 9.59 Å². The van der Waals surface area contributed by atoms with Gasteiger partial charge < -0.3 is 5.11 Å². The zero-order valence-electron chi connectivity index (χ0n) is 14.7. The minimum Gasteiger partial charge on any atom is -0.503 e. The standard InChI is InChI=1S/C20H19FN2O3/c1-20(2,3)18(25)15-16(14-6-4-5-11-22-14)23(19(26)17(15)24)13-9-7-12(21)8-10-13/h4-11,16,24H,1-3H3. The number of rotatable bonds is 3. The summed E-state index contributed by atoms with van der Waals surface area (Å²) in [5.74, 6) is -2.09. The predicted molar refractivity (Wildman–Crippen MR) is 95.0 cm³/mol. The molecule has 1 aliphatic heterocycles. The molecule has 1 aromatic heterocycles. The van der Waals surface area contributed by atoms with Crippen LogP contribution >= 0.6 is 0 Å². The van der Waals surface area contributed by atoms with Crippen LogP contribution in [0.4, 0.5) is 10.1 Å². The van der Waals surface area contributed by atoms with Crippen molar-refractivity contribution in [2.24, 2.45) is 5.41 Å². The quantitative estimate of drug-likeness (QED) is 0.912. The van der Waals surface area contributed by atoms with Gasteiger partial charge in [0.15, 0.2) is 11.5 Å². The van der Waals surface area contributed by atoms with E-state index in [1.165, 1.54) is 29.2 Å². The third kappa shape index (κ3) is 2.98. The Morgan fingerprint density at radius 1 is 1.15 bits per heavy atom. The van der Waals surface area contributed by atoms with Crippen LogP contribution in [0.2, 0.25) is 0 Å². The zero-order valence-corrected chi connectivity index (χ0v) is 14.7. The summed E-state index contributed by atoms with van der Waals surface area (Å²) >= 11 is 0. The number of ketones is 1. The number of benzene rings is 1. The topological polar surface area (TPSA) is 70.5 Å². The third-order valence-electron chi connectivity index (χ3n) is 4.21. The van der Waals surface area contributed by atoms with Crippen molar-refractivity contribution in [2.75, 3.05) is 4.90 Å². The summed E-state index contributed by atoms with van der Waals surface area (Å²) in [6, 6.07) is 9.57. The van der Waals surface area contributed by atoms with Crippen LogP contribution in [0.15, 0.2) is 60.0 Å². The van der Waals surface area contributed by atoms with Crippen LogP contribution in [0.1, 0.15) is 32.5 Å². The van der Waals surface area contributed by atoms with Crippen molar-refractivity contribution in [1.29, 1.82) is 0 Å². The number of nitrogens with zero attached hydrogens (tertiary/aromatic N) is 2. The Kier molecular flexibility index (Phi) is 4.36. The summed E-state index contributed by atoms with van der Waals surface area (Å²) in [7, 11) is 0. The van der Waals surface area contributed by atoms with Crippen LogP contribution in [0.25, 0.3) is 0 Å². The lowest BCUT2D eigenvalue weighted by Gasteiger charge is -2.28. The number of aliphatic hydroxyl groups excluding tert-OH is 1. The molecule has 0 fully saturated rings. The van der Waals surface area contributed by atoms with Crippen molar-refractivity contribution in [3.8, 4) is 0 Å². The molecule has 5 nitrogen and oxygen atoms in total. The van der Waals surface area contributed by atoms with Gasteiger partial charge in [-0.25, -0.2) is 4.39 Å². The summed E-state index contributed by atoms with van der Waals surface area (Å²) in [5.41, 5.74) is 0.0257. The fraction of sp³-hybridized carbons (Fsp3) is 0.250. The van der Waals surface area contributed by atoms with Crippen molar-refractivity contribution >= 4 is 17.4 Å². The van der Waals surface area contributed by atoms with E-state index in [0.717, 1.165) is 0 Å². The largest absolute Gasteiger partial charge is 0.503 e. The van der Waals surface area contributed by atoms with Crippen LogP contribution in [0.5, 0.6) is 0 Å². The molecule has 3 rings (SSSR count). The maximum Gasteiger partial charge on any atom is 0.294 e. The molecule has 1 N–H and O–H groups in total. The number of aliphatic hydroxyl groups is 1. The van der Waals surface area contributed by atoms with Gasteiger partial charge in [0.05, 0.1) is 11.3 Å². The molecule has 134 valence electrons. The molecule has 1 aromatic carbocycles. The SMILES string of the molecule is CC(C)(C)C(=O)C1=C(O)C(=O)N(c2ccc(F)cc2)C1c1ccccn1. The monoisotopic (exact) mass is 354 g/mol. The minimum atomic E-state index is -0.874. The fourth-order valence-electron chi connectivity index (χ4n) is 2.93. The first kappa shape index (κ1) is 17.8. The number of amides is 1. The Morgan fingerprint density at radius 2 is 1.81 bits per heavy atom. The lowest BCUT2D eigenvalue weighted by atomic mass is 9.83. The number of aromatic nitrogens is 1. The van der Waals surface area contributed by atoms with Gasteiger partial charge in [0.25, 0.3) is 5.91 Å². The van der Waals surface area contributed by atoms with Gasteiger partial charge in [0.2, 0.25) is 0 Å². The van der Waals surface area contributed by atoms with Crippen molar-refractivity contribution in [2.45, 2.75) is 26.8 Å². The van der Waals surface area contributed by atoms with E-state index in [1.807, 2.05) is 0 Å². The molecule has 0 aliphatic carbocycles. The molecule has 2 heterocycles. The van der Waals surface area contributed by atoms with Crippen LogP contribution in [0, 0.1) is 11.2 Å². The summed E-state index contributed by atoms with van der Waals surface area (Å²) in [6.45, 7) is 5.16. The van der Waals surface area contributed by atoms with Gasteiger partial charge in [-0.2, -0.15) is 0 Å². The van der Waals surface area contributed by atoms with Crippen molar-refractivity contribution in [3.05, 3.63) is 71.5 Å². The van der Waals surface area contributed by atoms with Gasteiger partial charge in [-0.15, -0.1) is 0 Å². The molecule has 0 saturated heterocycles. The first-order chi connectivity index (χ1) is 12.2. The number of halogens is 1. The highest BCUT2D eigenvalue weighted by Gasteiger charge is 2.47. The number of anilines is 1. The van der Waals surface area contributed by atoms with Gasteiger partial charge >= 0.3 is 0 Å². The predicted octanol–water partition coefficient (Wildman–Crippen LogP) is 3.74. The Bertz CT molecular complexity index is 884. The highest BCUT2D eigenvalue weighted by molar-refractivity contribution is 6.17. The third-order valence-corrected chi connectivity index (χ3v) is 4.21. The molecule has 1 atom stereocenters. The van der Waals surface area contributed by atoms with Crippen LogP contribution in [-0.4, -0.2) is 21.8 Å². The lowest BCUT2D eigenvalue weighted by molar-refractivity contribution is -0.123. The molecule has 0 radical (unpaired) electrons. The Labute approximate surface area is 150 Å². The highest BCUT2D eigenvalue weighted by atomic mass is 19.1. The first-order valence-electron chi connectivity index (χ1n) is 8.20. The summed E-state index contributed by atoms with van der Waals surface area (Å²) < 4.78 is 13.3. The number of carbonyl (C=O) groups excluding carboxylic acids is 2. The first-order valence-corrected chi connectivity index (χ1v) is 8.20. The van der Waals surface area contributed by atoms with Crippen LogP contribution in [0.3, 0.4) is 0 Å². The molecule has 1 aliphatic rings. The normalized spacial score (nSPS) is 17.8. The van der Waals surface area contributed by atoms with E-state index in [-0.39, 0.29) is 11.4 Å². The van der Waals surface area contributed by atoms with Gasteiger partial charge in [-0.1, -0.05) is 26.8 Å². The molecular weight excluding hydrogens is 335 g/mol. The number of carbonyl (C=O) groups is 2. The average Bonchev–Trinajstić information content (AvgIpc) is 2.86. The fourth-order valence-corrected chi connectivity index (χ4v) is 2.93. The Morgan fingerprint density at radius 3 is 2.35 bits per heavy atom. The summed E-state index contributed by atoms with van der Waals surface area (Å²) in [6.07, 6.45) is 1.55.